The molecule has 1 aromatic rings. The summed E-state index contributed by atoms with van der Waals surface area (Å²) in [6.07, 6.45) is 7.01. The molecule has 3 N–H and O–H groups in total. The van der Waals surface area contributed by atoms with E-state index in [0.717, 1.165) is 18.4 Å². The number of nitrogens with one attached hydrogen (secondary N) is 1. The lowest BCUT2D eigenvalue weighted by molar-refractivity contribution is 0.0748. The number of carbonyl (C=O) groups excluding carboxylic acids is 1. The van der Waals surface area contributed by atoms with Crippen molar-refractivity contribution in [3.8, 4) is 0 Å². The molecule has 3 atom stereocenters. The molecule has 3 rings (SSSR count). The lowest BCUT2D eigenvalue weighted by atomic mass is 9.88. The summed E-state index contributed by atoms with van der Waals surface area (Å²) in [6.45, 7) is 0.849. The molecule has 0 aliphatic heterocycles. The zero-order valence-corrected chi connectivity index (χ0v) is 11.9. The summed E-state index contributed by atoms with van der Waals surface area (Å²) in [7, 11) is 1.87. The lowest BCUT2D eigenvalue weighted by Gasteiger charge is -2.27. The summed E-state index contributed by atoms with van der Waals surface area (Å²) in [5.41, 5.74) is 3.70. The fourth-order valence-electron chi connectivity index (χ4n) is 3.87. The van der Waals surface area contributed by atoms with Gasteiger partial charge in [-0.3, -0.25) is 15.6 Å². The highest BCUT2D eigenvalue weighted by Crippen LogP contribution is 2.48. The molecule has 5 nitrogen and oxygen atoms in total. The SMILES string of the molecule is CN(CC1CC2CCC1C2)C(=O)c1cc(NN)ccn1. The van der Waals surface area contributed by atoms with Crippen LogP contribution in [0.2, 0.25) is 0 Å². The molecule has 0 radical (unpaired) electrons. The average Bonchev–Trinajstić information content (AvgIpc) is 3.09. The number of fused-ring (bicyclic) bond motifs is 2. The lowest BCUT2D eigenvalue weighted by Crippen LogP contribution is -2.34. The normalized spacial score (nSPS) is 27.6. The first kappa shape index (κ1) is 13.4. The van der Waals surface area contributed by atoms with E-state index in [0.29, 0.717) is 17.3 Å². The Kier molecular flexibility index (Phi) is 3.61. The average molecular weight is 274 g/mol. The van der Waals surface area contributed by atoms with E-state index in [1.165, 1.54) is 25.7 Å². The fraction of sp³-hybridized carbons (Fsp3) is 0.600. The summed E-state index contributed by atoms with van der Waals surface area (Å²) in [5.74, 6) is 7.77. The van der Waals surface area contributed by atoms with E-state index in [2.05, 4.69) is 10.4 Å². The summed E-state index contributed by atoms with van der Waals surface area (Å²) in [6, 6.07) is 3.44. The van der Waals surface area contributed by atoms with Crippen LogP contribution in [0.5, 0.6) is 0 Å². The van der Waals surface area contributed by atoms with Gasteiger partial charge in [-0.2, -0.15) is 0 Å². The molecule has 2 aliphatic carbocycles. The molecule has 0 aromatic carbocycles. The van der Waals surface area contributed by atoms with E-state index in [1.54, 1.807) is 18.3 Å². The van der Waals surface area contributed by atoms with E-state index in [-0.39, 0.29) is 5.91 Å². The molecule has 3 unspecified atom stereocenters. The van der Waals surface area contributed by atoms with Crippen molar-refractivity contribution in [2.24, 2.45) is 23.6 Å². The minimum Gasteiger partial charge on any atom is -0.340 e. The number of nitrogens with two attached hydrogens (primary N) is 1. The smallest absolute Gasteiger partial charge is 0.272 e. The van der Waals surface area contributed by atoms with Crippen molar-refractivity contribution in [3.05, 3.63) is 24.0 Å². The second-order valence-corrected chi connectivity index (χ2v) is 6.19. The van der Waals surface area contributed by atoms with Gasteiger partial charge in [0.1, 0.15) is 5.69 Å². The van der Waals surface area contributed by atoms with Crippen molar-refractivity contribution >= 4 is 11.6 Å². The van der Waals surface area contributed by atoms with Gasteiger partial charge in [-0.25, -0.2) is 0 Å². The maximum atomic E-state index is 12.4. The first-order valence-corrected chi connectivity index (χ1v) is 7.35. The third kappa shape index (κ3) is 2.50. The summed E-state index contributed by atoms with van der Waals surface area (Å²) < 4.78 is 0. The Labute approximate surface area is 119 Å². The Balaban J connectivity index is 1.64. The number of nitrogens with zero attached hydrogens (tertiary/aromatic N) is 2. The molecular weight excluding hydrogens is 252 g/mol. The molecule has 2 saturated carbocycles. The van der Waals surface area contributed by atoms with Gasteiger partial charge in [-0.1, -0.05) is 6.42 Å². The summed E-state index contributed by atoms with van der Waals surface area (Å²) >= 11 is 0. The van der Waals surface area contributed by atoms with Crippen LogP contribution in [0.15, 0.2) is 18.3 Å². The monoisotopic (exact) mass is 274 g/mol. The second-order valence-electron chi connectivity index (χ2n) is 6.19. The predicted octanol–water partition coefficient (Wildman–Crippen LogP) is 1.88. The number of pyridine rings is 1. The van der Waals surface area contributed by atoms with Crippen LogP contribution < -0.4 is 11.3 Å². The van der Waals surface area contributed by atoms with Gasteiger partial charge < -0.3 is 10.3 Å². The molecule has 2 fully saturated rings. The third-order valence-corrected chi connectivity index (χ3v) is 4.89. The Hall–Kier alpha value is -1.62. The Morgan fingerprint density at radius 2 is 2.35 bits per heavy atom. The zero-order valence-electron chi connectivity index (χ0n) is 11.9. The summed E-state index contributed by atoms with van der Waals surface area (Å²) in [4.78, 5) is 18.4. The van der Waals surface area contributed by atoms with E-state index in [4.69, 9.17) is 5.84 Å². The molecule has 2 aliphatic rings. The molecular formula is C15H22N4O. The van der Waals surface area contributed by atoms with Crippen LogP contribution in [0.4, 0.5) is 5.69 Å². The number of aromatic nitrogens is 1. The molecule has 1 heterocycles. The van der Waals surface area contributed by atoms with E-state index in [9.17, 15) is 4.79 Å². The number of amides is 1. The van der Waals surface area contributed by atoms with Crippen LogP contribution in [0.3, 0.4) is 0 Å². The number of hydrazine groups is 1. The number of nitrogen functional groups attached to an aromatic ring is 1. The molecule has 0 spiro atoms. The van der Waals surface area contributed by atoms with Crippen LogP contribution in [-0.2, 0) is 0 Å². The Morgan fingerprint density at radius 1 is 1.50 bits per heavy atom. The molecule has 108 valence electrons. The van der Waals surface area contributed by atoms with Crippen molar-refractivity contribution in [2.75, 3.05) is 19.0 Å². The quantitative estimate of drug-likeness (QED) is 0.649. The number of hydrogen-bond donors (Lipinski definition) is 2. The number of carbonyl (C=O) groups is 1. The first-order chi connectivity index (χ1) is 9.67. The van der Waals surface area contributed by atoms with Crippen LogP contribution in [-0.4, -0.2) is 29.4 Å². The zero-order chi connectivity index (χ0) is 14.1. The van der Waals surface area contributed by atoms with Crippen molar-refractivity contribution < 1.29 is 4.79 Å². The Morgan fingerprint density at radius 3 is 3.00 bits per heavy atom. The van der Waals surface area contributed by atoms with Gasteiger partial charge >= 0.3 is 0 Å². The van der Waals surface area contributed by atoms with Gasteiger partial charge in [0.25, 0.3) is 5.91 Å². The topological polar surface area (TPSA) is 71.2 Å². The molecule has 2 bridgehead atoms. The number of rotatable bonds is 4. The van der Waals surface area contributed by atoms with Crippen molar-refractivity contribution in [1.82, 2.24) is 9.88 Å². The van der Waals surface area contributed by atoms with Crippen molar-refractivity contribution in [2.45, 2.75) is 25.7 Å². The van der Waals surface area contributed by atoms with E-state index in [1.807, 2.05) is 11.9 Å². The Bertz CT molecular complexity index is 504. The predicted molar refractivity (Wildman–Crippen MR) is 77.9 cm³/mol. The van der Waals surface area contributed by atoms with Crippen LogP contribution >= 0.6 is 0 Å². The van der Waals surface area contributed by atoms with Gasteiger partial charge in [0, 0.05) is 19.8 Å². The maximum absolute atomic E-state index is 12.4. The van der Waals surface area contributed by atoms with Gasteiger partial charge in [-0.15, -0.1) is 0 Å². The third-order valence-electron chi connectivity index (χ3n) is 4.89. The van der Waals surface area contributed by atoms with Gasteiger partial charge in [0.05, 0.1) is 5.69 Å². The highest BCUT2D eigenvalue weighted by molar-refractivity contribution is 5.92. The summed E-state index contributed by atoms with van der Waals surface area (Å²) in [5, 5.41) is 0. The molecule has 5 heteroatoms. The van der Waals surface area contributed by atoms with Crippen LogP contribution in [0.25, 0.3) is 0 Å². The highest BCUT2D eigenvalue weighted by Gasteiger charge is 2.40. The highest BCUT2D eigenvalue weighted by atomic mass is 16.2. The minimum atomic E-state index is -0.0233. The second kappa shape index (κ2) is 5.40. The molecule has 20 heavy (non-hydrogen) atoms. The van der Waals surface area contributed by atoms with Crippen molar-refractivity contribution in [3.63, 3.8) is 0 Å². The van der Waals surface area contributed by atoms with Gasteiger partial charge in [0.15, 0.2) is 0 Å². The van der Waals surface area contributed by atoms with E-state index < -0.39 is 0 Å². The van der Waals surface area contributed by atoms with E-state index >= 15 is 0 Å². The fourth-order valence-corrected chi connectivity index (χ4v) is 3.87. The molecule has 1 aromatic heterocycles. The number of anilines is 1. The minimum absolute atomic E-state index is 0.0233. The first-order valence-electron chi connectivity index (χ1n) is 7.35. The molecule has 1 amide bonds. The standard InChI is InChI=1S/C15H22N4O/c1-19(9-12-7-10-2-3-11(12)6-10)15(20)14-8-13(18-16)4-5-17-14/h4-5,8,10-12H,2-3,6-7,9,16H2,1H3,(H,17,18). The van der Waals surface area contributed by atoms with Gasteiger partial charge in [0.2, 0.25) is 0 Å². The maximum Gasteiger partial charge on any atom is 0.272 e. The van der Waals surface area contributed by atoms with Crippen LogP contribution in [0, 0.1) is 17.8 Å². The number of hydrogen-bond acceptors (Lipinski definition) is 4. The molecule has 0 saturated heterocycles. The van der Waals surface area contributed by atoms with Crippen molar-refractivity contribution in [1.29, 1.82) is 0 Å². The van der Waals surface area contributed by atoms with Gasteiger partial charge in [-0.05, 0) is 49.1 Å². The largest absolute Gasteiger partial charge is 0.340 e. The van der Waals surface area contributed by atoms with Crippen LogP contribution in [0.1, 0.15) is 36.2 Å².